The quantitative estimate of drug-likeness (QED) is 0.388. The molecule has 0 saturated heterocycles. The van der Waals surface area contributed by atoms with Crippen LogP contribution in [0.25, 0.3) is 22.3 Å². The van der Waals surface area contributed by atoms with Crippen molar-refractivity contribution in [3.63, 3.8) is 0 Å². The monoisotopic (exact) mass is 349 g/mol. The first-order chi connectivity index (χ1) is 13.3. The van der Waals surface area contributed by atoms with Crippen LogP contribution in [0.4, 0.5) is 5.69 Å². The van der Waals surface area contributed by atoms with Crippen LogP contribution < -0.4 is 10.5 Å². The van der Waals surface area contributed by atoms with Crippen molar-refractivity contribution in [3.8, 4) is 33.8 Å². The van der Waals surface area contributed by atoms with Crippen LogP contribution in [0, 0.1) is 0 Å². The van der Waals surface area contributed by atoms with Crippen LogP contribution in [-0.4, -0.2) is 0 Å². The van der Waals surface area contributed by atoms with Crippen LogP contribution in [0.2, 0.25) is 0 Å². The highest BCUT2D eigenvalue weighted by atomic mass is 16.5. The molecular formula is C25H19NO. The molecule has 1 aliphatic carbocycles. The molecule has 0 heterocycles. The third-order valence-electron chi connectivity index (χ3n) is 5.10. The Kier molecular flexibility index (Phi) is 3.68. The molecule has 0 radical (unpaired) electrons. The third kappa shape index (κ3) is 2.76. The molecule has 0 aromatic heterocycles. The van der Waals surface area contributed by atoms with Gasteiger partial charge in [0.2, 0.25) is 0 Å². The second-order valence-electron chi connectivity index (χ2n) is 6.84. The molecule has 0 atom stereocenters. The molecule has 130 valence electrons. The number of hydrogen-bond acceptors (Lipinski definition) is 2. The van der Waals surface area contributed by atoms with Crippen molar-refractivity contribution in [2.45, 2.75) is 6.42 Å². The summed E-state index contributed by atoms with van der Waals surface area (Å²) in [4.78, 5) is 0. The Morgan fingerprint density at radius 1 is 0.593 bits per heavy atom. The Morgan fingerprint density at radius 2 is 1.26 bits per heavy atom. The number of benzene rings is 4. The van der Waals surface area contributed by atoms with Gasteiger partial charge < -0.3 is 10.5 Å². The first-order valence-corrected chi connectivity index (χ1v) is 9.12. The smallest absolute Gasteiger partial charge is 0.135 e. The highest BCUT2D eigenvalue weighted by Crippen LogP contribution is 2.45. The van der Waals surface area contributed by atoms with Crippen LogP contribution in [0.5, 0.6) is 11.5 Å². The van der Waals surface area contributed by atoms with E-state index in [0.717, 1.165) is 29.2 Å². The van der Waals surface area contributed by atoms with Crippen molar-refractivity contribution in [2.75, 3.05) is 5.73 Å². The number of hydrogen-bond donors (Lipinski definition) is 1. The number of nitrogens with two attached hydrogens (primary N) is 1. The highest BCUT2D eigenvalue weighted by molar-refractivity contribution is 5.92. The van der Waals surface area contributed by atoms with E-state index in [1.165, 1.54) is 27.8 Å². The lowest BCUT2D eigenvalue weighted by Gasteiger charge is -2.15. The standard InChI is InChI=1S/C25H19NO/c26-19-12-14-20(15-13-19)27-24-11-4-3-9-22(24)23-10-5-7-18-16-17-6-1-2-8-21(17)25(18)23/h1-15H,16,26H2. The molecule has 2 N–H and O–H groups in total. The second kappa shape index (κ2) is 6.33. The summed E-state index contributed by atoms with van der Waals surface area (Å²) in [7, 11) is 0. The Morgan fingerprint density at radius 3 is 2.11 bits per heavy atom. The van der Waals surface area contributed by atoms with E-state index in [1.807, 2.05) is 36.4 Å². The van der Waals surface area contributed by atoms with Gasteiger partial charge in [0.05, 0.1) is 0 Å². The van der Waals surface area contributed by atoms with Gasteiger partial charge in [-0.05, 0) is 64.6 Å². The maximum atomic E-state index is 6.21. The summed E-state index contributed by atoms with van der Waals surface area (Å²) in [6.45, 7) is 0. The molecule has 4 aromatic carbocycles. The minimum Gasteiger partial charge on any atom is -0.457 e. The number of nitrogen functional groups attached to an aromatic ring is 1. The molecule has 5 rings (SSSR count). The van der Waals surface area contributed by atoms with E-state index in [2.05, 4.69) is 54.6 Å². The summed E-state index contributed by atoms with van der Waals surface area (Å²) in [6, 6.07) is 30.9. The van der Waals surface area contributed by atoms with Gasteiger partial charge >= 0.3 is 0 Å². The molecule has 2 heteroatoms. The first kappa shape index (κ1) is 15.7. The molecule has 0 bridgehead atoms. The molecule has 0 aliphatic heterocycles. The van der Waals surface area contributed by atoms with Crippen molar-refractivity contribution in [2.24, 2.45) is 0 Å². The average molecular weight is 349 g/mol. The Balaban J connectivity index is 1.64. The molecule has 0 fully saturated rings. The van der Waals surface area contributed by atoms with Crippen LogP contribution >= 0.6 is 0 Å². The van der Waals surface area contributed by atoms with E-state index in [1.54, 1.807) is 0 Å². The number of anilines is 1. The zero-order valence-electron chi connectivity index (χ0n) is 14.9. The van der Waals surface area contributed by atoms with Gasteiger partial charge in [0.25, 0.3) is 0 Å². The number of para-hydroxylation sites is 1. The number of rotatable bonds is 3. The van der Waals surface area contributed by atoms with E-state index < -0.39 is 0 Å². The van der Waals surface area contributed by atoms with E-state index in [0.29, 0.717) is 0 Å². The predicted octanol–water partition coefficient (Wildman–Crippen LogP) is 6.30. The minimum atomic E-state index is 0.730. The molecule has 4 aromatic rings. The van der Waals surface area contributed by atoms with E-state index in [4.69, 9.17) is 10.5 Å². The fraction of sp³-hybridized carbons (Fsp3) is 0.0400. The molecule has 27 heavy (non-hydrogen) atoms. The normalized spacial score (nSPS) is 11.7. The van der Waals surface area contributed by atoms with Crippen molar-refractivity contribution in [1.82, 2.24) is 0 Å². The molecule has 1 aliphatic rings. The maximum Gasteiger partial charge on any atom is 0.135 e. The van der Waals surface area contributed by atoms with E-state index in [-0.39, 0.29) is 0 Å². The van der Waals surface area contributed by atoms with Crippen LogP contribution in [0.3, 0.4) is 0 Å². The fourth-order valence-corrected chi connectivity index (χ4v) is 3.85. The van der Waals surface area contributed by atoms with Crippen molar-refractivity contribution >= 4 is 5.69 Å². The summed E-state index contributed by atoms with van der Waals surface area (Å²) < 4.78 is 6.21. The van der Waals surface area contributed by atoms with Crippen molar-refractivity contribution < 1.29 is 4.74 Å². The zero-order chi connectivity index (χ0) is 18.2. The minimum absolute atomic E-state index is 0.730. The van der Waals surface area contributed by atoms with Gasteiger partial charge in [0, 0.05) is 11.3 Å². The summed E-state index contributed by atoms with van der Waals surface area (Å²) in [6.07, 6.45) is 0.986. The molecule has 0 spiro atoms. The summed E-state index contributed by atoms with van der Waals surface area (Å²) >= 11 is 0. The third-order valence-corrected chi connectivity index (χ3v) is 5.10. The topological polar surface area (TPSA) is 35.2 Å². The summed E-state index contributed by atoms with van der Waals surface area (Å²) in [5.41, 5.74) is 14.2. The lowest BCUT2D eigenvalue weighted by Crippen LogP contribution is -1.91. The Bertz CT molecular complexity index is 1130. The molecule has 0 amide bonds. The van der Waals surface area contributed by atoms with Gasteiger partial charge in [0.1, 0.15) is 11.5 Å². The average Bonchev–Trinajstić information content (AvgIpc) is 3.09. The molecular weight excluding hydrogens is 330 g/mol. The fourth-order valence-electron chi connectivity index (χ4n) is 3.85. The summed E-state index contributed by atoms with van der Waals surface area (Å²) in [5, 5.41) is 0. The van der Waals surface area contributed by atoms with Crippen molar-refractivity contribution in [1.29, 1.82) is 0 Å². The maximum absolute atomic E-state index is 6.21. The van der Waals surface area contributed by atoms with Crippen molar-refractivity contribution in [3.05, 3.63) is 102 Å². The predicted molar refractivity (Wildman–Crippen MR) is 111 cm³/mol. The lowest BCUT2D eigenvalue weighted by molar-refractivity contribution is 0.484. The number of ether oxygens (including phenoxy) is 1. The summed E-state index contributed by atoms with van der Waals surface area (Å²) in [5.74, 6) is 1.63. The first-order valence-electron chi connectivity index (χ1n) is 9.12. The van der Waals surface area contributed by atoms with E-state index >= 15 is 0 Å². The Hall–Kier alpha value is -3.52. The van der Waals surface area contributed by atoms with E-state index in [9.17, 15) is 0 Å². The number of fused-ring (bicyclic) bond motifs is 3. The Labute approximate surface area is 158 Å². The zero-order valence-corrected chi connectivity index (χ0v) is 14.9. The van der Waals surface area contributed by atoms with Gasteiger partial charge in [-0.1, -0.05) is 60.7 Å². The van der Waals surface area contributed by atoms with Crippen LogP contribution in [0.15, 0.2) is 91.0 Å². The lowest BCUT2D eigenvalue weighted by atomic mass is 9.94. The van der Waals surface area contributed by atoms with Gasteiger partial charge in [-0.25, -0.2) is 0 Å². The molecule has 0 saturated carbocycles. The van der Waals surface area contributed by atoms with Crippen LogP contribution in [0.1, 0.15) is 11.1 Å². The molecule has 2 nitrogen and oxygen atoms in total. The van der Waals surface area contributed by atoms with Gasteiger partial charge in [-0.15, -0.1) is 0 Å². The largest absolute Gasteiger partial charge is 0.457 e. The highest BCUT2D eigenvalue weighted by Gasteiger charge is 2.22. The van der Waals surface area contributed by atoms with Crippen LogP contribution in [-0.2, 0) is 6.42 Å². The van der Waals surface area contributed by atoms with Gasteiger partial charge in [-0.3, -0.25) is 0 Å². The SMILES string of the molecule is Nc1ccc(Oc2ccccc2-c2cccc3c2-c2ccccc2C3)cc1. The molecule has 0 unspecified atom stereocenters. The second-order valence-corrected chi connectivity index (χ2v) is 6.84. The van der Waals surface area contributed by atoms with Gasteiger partial charge in [-0.2, -0.15) is 0 Å². The van der Waals surface area contributed by atoms with Gasteiger partial charge in [0.15, 0.2) is 0 Å².